The van der Waals surface area contributed by atoms with Gasteiger partial charge in [-0.05, 0) is 24.6 Å². The van der Waals surface area contributed by atoms with Crippen LogP contribution in [0.15, 0.2) is 53.6 Å². The molecule has 0 aliphatic carbocycles. The highest BCUT2D eigenvalue weighted by atomic mass is 35.5. The van der Waals surface area contributed by atoms with Gasteiger partial charge in [-0.25, -0.2) is 9.50 Å². The Morgan fingerprint density at radius 3 is 2.70 bits per heavy atom. The van der Waals surface area contributed by atoms with Crippen molar-refractivity contribution >= 4 is 28.9 Å². The first kappa shape index (κ1) is 20.5. The van der Waals surface area contributed by atoms with Crippen molar-refractivity contribution in [1.82, 2.24) is 24.1 Å². The summed E-state index contributed by atoms with van der Waals surface area (Å²) in [4.78, 5) is 23.6. The average molecular weight is 458 g/mol. The van der Waals surface area contributed by atoms with Crippen LogP contribution in [0.4, 0.5) is 11.8 Å². The molecule has 4 aromatic rings. The smallest absolute Gasteiger partial charge is 0.284 e. The van der Waals surface area contributed by atoms with Crippen LogP contribution in [-0.4, -0.2) is 30.7 Å². The van der Waals surface area contributed by atoms with Crippen LogP contribution < -0.4 is 16.2 Å². The lowest BCUT2D eigenvalue weighted by molar-refractivity contribution is 0.587. The van der Waals surface area contributed by atoms with Gasteiger partial charge < -0.3 is 10.6 Å². The molecule has 1 aliphatic rings. The number of nitrogen functional groups attached to an aromatic ring is 1. The van der Waals surface area contributed by atoms with Gasteiger partial charge in [-0.15, -0.1) is 0 Å². The lowest BCUT2D eigenvalue weighted by Crippen LogP contribution is -2.33. The summed E-state index contributed by atoms with van der Waals surface area (Å²) in [5.41, 5.74) is 6.53. The molecule has 162 valence electrons. The van der Waals surface area contributed by atoms with Gasteiger partial charge in [0.25, 0.3) is 5.56 Å². The zero-order valence-corrected chi connectivity index (χ0v) is 17.9. The first-order valence-electron chi connectivity index (χ1n) is 10.1. The number of halogens is 1. The van der Waals surface area contributed by atoms with Gasteiger partial charge in [0.2, 0.25) is 5.95 Å². The number of nitriles is 2. The quantitative estimate of drug-likeness (QED) is 0.494. The number of nitrogens with zero attached hydrogens (tertiary/aromatic N) is 8. The molecular weight excluding hydrogens is 442 g/mol. The molecule has 4 heterocycles. The third-order valence-corrected chi connectivity index (χ3v) is 5.94. The molecule has 1 saturated heterocycles. The summed E-state index contributed by atoms with van der Waals surface area (Å²) >= 11 is 6.28. The topological polar surface area (TPSA) is 142 Å². The SMILES string of the molecule is N#Cc1cnc(N)nc1N1CC(C#N)CC1c1nn2ccc(Cl)c2c(=O)n1-c1ccccc1. The second-order valence-corrected chi connectivity index (χ2v) is 8.01. The molecule has 0 bridgehead atoms. The second kappa shape index (κ2) is 7.93. The number of fused-ring (bicyclic) bond motifs is 1. The molecule has 11 heteroatoms. The Balaban J connectivity index is 1.79. The normalized spacial score (nSPS) is 17.7. The standard InChI is InChI=1S/C22H16ClN9O/c23-16-6-7-31-18(16)21(33)32(15-4-2-1-3-5-15)20(29-31)17-8-13(9-24)12-30(17)19-14(10-25)11-27-22(26)28-19/h1-7,11,13,17H,8,12H2,(H2,26,27,28). The molecule has 5 rings (SSSR count). The number of anilines is 2. The minimum atomic E-state index is -0.533. The van der Waals surface area contributed by atoms with Gasteiger partial charge in [0.15, 0.2) is 11.6 Å². The second-order valence-electron chi connectivity index (χ2n) is 7.60. The minimum absolute atomic E-state index is 0.00390. The van der Waals surface area contributed by atoms with Gasteiger partial charge in [0, 0.05) is 12.7 Å². The van der Waals surface area contributed by atoms with Crippen molar-refractivity contribution in [3.63, 3.8) is 0 Å². The van der Waals surface area contributed by atoms with Gasteiger partial charge in [0.1, 0.15) is 17.1 Å². The maximum absolute atomic E-state index is 13.6. The van der Waals surface area contributed by atoms with Crippen LogP contribution in [-0.2, 0) is 0 Å². The molecule has 0 amide bonds. The van der Waals surface area contributed by atoms with E-state index in [0.717, 1.165) is 0 Å². The molecule has 1 aliphatic heterocycles. The molecule has 0 radical (unpaired) electrons. The molecule has 10 nitrogen and oxygen atoms in total. The summed E-state index contributed by atoms with van der Waals surface area (Å²) in [6.07, 6.45) is 3.34. The summed E-state index contributed by atoms with van der Waals surface area (Å²) in [6.45, 7) is 0.293. The summed E-state index contributed by atoms with van der Waals surface area (Å²) in [5, 5.41) is 24.3. The highest BCUT2D eigenvalue weighted by molar-refractivity contribution is 6.33. The van der Waals surface area contributed by atoms with E-state index in [9.17, 15) is 15.3 Å². The number of nitrogens with two attached hydrogens (primary N) is 1. The molecular formula is C22H16ClN9O. The minimum Gasteiger partial charge on any atom is -0.368 e. The Morgan fingerprint density at radius 2 is 1.97 bits per heavy atom. The Hall–Kier alpha value is -4.41. The van der Waals surface area contributed by atoms with Crippen molar-refractivity contribution in [2.24, 2.45) is 5.92 Å². The largest absolute Gasteiger partial charge is 0.368 e. The molecule has 2 atom stereocenters. The Kier molecular flexibility index (Phi) is 4.93. The van der Waals surface area contributed by atoms with Crippen molar-refractivity contribution in [1.29, 1.82) is 10.5 Å². The van der Waals surface area contributed by atoms with Crippen LogP contribution in [0.1, 0.15) is 23.9 Å². The lowest BCUT2D eigenvalue weighted by atomic mass is 10.1. The summed E-state index contributed by atoms with van der Waals surface area (Å²) in [5.74, 6) is 0.323. The van der Waals surface area contributed by atoms with Crippen molar-refractivity contribution < 1.29 is 0 Å². The van der Waals surface area contributed by atoms with E-state index in [1.807, 2.05) is 18.2 Å². The fourth-order valence-corrected chi connectivity index (χ4v) is 4.41. The Labute approximate surface area is 192 Å². The first-order valence-corrected chi connectivity index (χ1v) is 10.4. The van der Waals surface area contributed by atoms with E-state index in [2.05, 4.69) is 22.1 Å². The van der Waals surface area contributed by atoms with E-state index in [0.29, 0.717) is 30.3 Å². The van der Waals surface area contributed by atoms with Crippen LogP contribution >= 0.6 is 11.6 Å². The Morgan fingerprint density at radius 1 is 1.18 bits per heavy atom. The maximum atomic E-state index is 13.6. The molecule has 33 heavy (non-hydrogen) atoms. The van der Waals surface area contributed by atoms with Crippen LogP contribution in [0.2, 0.25) is 5.02 Å². The van der Waals surface area contributed by atoms with Gasteiger partial charge in [-0.1, -0.05) is 29.8 Å². The predicted octanol–water partition coefficient (Wildman–Crippen LogP) is 2.47. The number of benzene rings is 1. The van der Waals surface area contributed by atoms with E-state index in [-0.39, 0.29) is 33.5 Å². The molecule has 0 saturated carbocycles. The number of hydrogen-bond donors (Lipinski definition) is 1. The van der Waals surface area contributed by atoms with E-state index < -0.39 is 6.04 Å². The molecule has 2 N–H and O–H groups in total. The third-order valence-electron chi connectivity index (χ3n) is 5.64. The van der Waals surface area contributed by atoms with Crippen molar-refractivity contribution in [3.05, 3.63) is 75.6 Å². The predicted molar refractivity (Wildman–Crippen MR) is 121 cm³/mol. The van der Waals surface area contributed by atoms with Crippen molar-refractivity contribution in [2.45, 2.75) is 12.5 Å². The van der Waals surface area contributed by atoms with Gasteiger partial charge in [-0.2, -0.15) is 20.6 Å². The molecule has 0 spiro atoms. The number of hydrogen-bond acceptors (Lipinski definition) is 8. The van der Waals surface area contributed by atoms with E-state index in [1.165, 1.54) is 15.3 Å². The van der Waals surface area contributed by atoms with E-state index in [4.69, 9.17) is 22.4 Å². The summed E-state index contributed by atoms with van der Waals surface area (Å²) in [7, 11) is 0. The zero-order valence-electron chi connectivity index (χ0n) is 17.1. The van der Waals surface area contributed by atoms with Gasteiger partial charge in [-0.3, -0.25) is 9.36 Å². The first-order chi connectivity index (χ1) is 16.0. The summed E-state index contributed by atoms with van der Waals surface area (Å²) < 4.78 is 2.94. The van der Waals surface area contributed by atoms with Crippen LogP contribution in [0.25, 0.3) is 11.2 Å². The number of para-hydroxylation sites is 1. The van der Waals surface area contributed by atoms with Crippen LogP contribution in [0.5, 0.6) is 0 Å². The highest BCUT2D eigenvalue weighted by Crippen LogP contribution is 2.39. The highest BCUT2D eigenvalue weighted by Gasteiger charge is 2.39. The third kappa shape index (κ3) is 3.34. The monoisotopic (exact) mass is 457 g/mol. The molecule has 1 aromatic carbocycles. The summed E-state index contributed by atoms with van der Waals surface area (Å²) in [6, 6.07) is 14.5. The van der Waals surface area contributed by atoms with Crippen LogP contribution in [0.3, 0.4) is 0 Å². The zero-order chi connectivity index (χ0) is 23.1. The lowest BCUT2D eigenvalue weighted by Gasteiger charge is -2.27. The van der Waals surface area contributed by atoms with E-state index >= 15 is 0 Å². The van der Waals surface area contributed by atoms with Gasteiger partial charge in [0.05, 0.1) is 34.9 Å². The number of aromatic nitrogens is 5. The molecule has 2 unspecified atom stereocenters. The van der Waals surface area contributed by atoms with Crippen molar-refractivity contribution in [2.75, 3.05) is 17.2 Å². The Bertz CT molecular complexity index is 1510. The maximum Gasteiger partial charge on any atom is 0.284 e. The average Bonchev–Trinajstić information content (AvgIpc) is 3.43. The fourth-order valence-electron chi connectivity index (χ4n) is 4.18. The van der Waals surface area contributed by atoms with E-state index in [1.54, 1.807) is 29.3 Å². The van der Waals surface area contributed by atoms with Crippen molar-refractivity contribution in [3.8, 4) is 17.8 Å². The molecule has 1 fully saturated rings. The fraction of sp³-hybridized carbons (Fsp3) is 0.182. The van der Waals surface area contributed by atoms with Crippen LogP contribution in [0, 0.1) is 28.6 Å². The van der Waals surface area contributed by atoms with Gasteiger partial charge >= 0.3 is 0 Å². The molecule has 3 aromatic heterocycles. The number of rotatable bonds is 3.